The molecule has 0 unspecified atom stereocenters. The Morgan fingerprint density at radius 3 is 2.36 bits per heavy atom. The van der Waals surface area contributed by atoms with E-state index in [0.29, 0.717) is 17.1 Å². The van der Waals surface area contributed by atoms with Crippen LogP contribution in [0.15, 0.2) is 42.0 Å². The van der Waals surface area contributed by atoms with Gasteiger partial charge >= 0.3 is 0 Å². The topological polar surface area (TPSA) is 71.3 Å². The Morgan fingerprint density at radius 2 is 1.80 bits per heavy atom. The quantitative estimate of drug-likeness (QED) is 0.665. The van der Waals surface area contributed by atoms with Crippen LogP contribution >= 0.6 is 0 Å². The number of benzene rings is 2. The minimum Gasteiger partial charge on any atom is -0.497 e. The Morgan fingerprint density at radius 1 is 1.12 bits per heavy atom. The Bertz CT molecular complexity index is 843. The van der Waals surface area contributed by atoms with Crippen molar-refractivity contribution >= 4 is 17.7 Å². The number of hydrogen-bond acceptors (Lipinski definition) is 4. The van der Waals surface area contributed by atoms with Gasteiger partial charge in [0.15, 0.2) is 0 Å². The van der Waals surface area contributed by atoms with Crippen LogP contribution in [0.4, 0.5) is 5.69 Å². The highest BCUT2D eigenvalue weighted by atomic mass is 16.5. The highest BCUT2D eigenvalue weighted by molar-refractivity contribution is 6.10. The molecule has 1 amide bonds. The standard InChI is InChI=1S/C20H20N2O3/c1-13-6-5-7-14(2)19(13)22-20(23)16(12-21)10-15-8-9-17(24-3)11-18(15)25-4/h5-11H,1-4H3,(H,22,23)/b16-10+. The SMILES string of the molecule is COc1ccc(/C=C(\C#N)C(=O)Nc2c(C)cccc2C)c(OC)c1. The molecule has 2 aromatic carbocycles. The first-order valence-electron chi connectivity index (χ1n) is 7.71. The van der Waals surface area contributed by atoms with E-state index < -0.39 is 5.91 Å². The fourth-order valence-corrected chi connectivity index (χ4v) is 2.43. The molecule has 0 saturated carbocycles. The highest BCUT2D eigenvalue weighted by Gasteiger charge is 2.13. The van der Waals surface area contributed by atoms with Crippen molar-refractivity contribution in [3.8, 4) is 17.6 Å². The van der Waals surface area contributed by atoms with Gasteiger partial charge in [-0.25, -0.2) is 0 Å². The molecule has 0 aliphatic carbocycles. The molecule has 0 saturated heterocycles. The molecule has 0 spiro atoms. The summed E-state index contributed by atoms with van der Waals surface area (Å²) in [6.07, 6.45) is 1.50. The van der Waals surface area contributed by atoms with Gasteiger partial charge in [0, 0.05) is 17.3 Å². The lowest BCUT2D eigenvalue weighted by atomic mass is 10.1. The summed E-state index contributed by atoms with van der Waals surface area (Å²) >= 11 is 0. The number of carbonyl (C=O) groups excluding carboxylic acids is 1. The molecule has 1 N–H and O–H groups in total. The molecule has 0 bridgehead atoms. The normalized spacial score (nSPS) is 10.8. The van der Waals surface area contributed by atoms with E-state index in [1.54, 1.807) is 25.3 Å². The number of nitriles is 1. The molecule has 0 radical (unpaired) electrons. The van der Waals surface area contributed by atoms with Gasteiger partial charge in [-0.3, -0.25) is 4.79 Å². The van der Waals surface area contributed by atoms with Crippen LogP contribution in [0.2, 0.25) is 0 Å². The number of hydrogen-bond donors (Lipinski definition) is 1. The minimum absolute atomic E-state index is 0.00822. The molecular formula is C20H20N2O3. The molecule has 128 valence electrons. The van der Waals surface area contributed by atoms with Crippen LogP contribution < -0.4 is 14.8 Å². The lowest BCUT2D eigenvalue weighted by Gasteiger charge is -2.11. The Hall–Kier alpha value is -3.26. The molecule has 2 aromatic rings. The zero-order valence-corrected chi connectivity index (χ0v) is 14.7. The van der Waals surface area contributed by atoms with Crippen LogP contribution in [0.1, 0.15) is 16.7 Å². The Kier molecular flexibility index (Phi) is 5.80. The molecular weight excluding hydrogens is 316 g/mol. The fourth-order valence-electron chi connectivity index (χ4n) is 2.43. The molecule has 0 fully saturated rings. The number of nitrogens with zero attached hydrogens (tertiary/aromatic N) is 1. The molecule has 5 nitrogen and oxygen atoms in total. The zero-order chi connectivity index (χ0) is 18.4. The van der Waals surface area contributed by atoms with Crippen molar-refractivity contribution in [1.82, 2.24) is 0 Å². The zero-order valence-electron chi connectivity index (χ0n) is 14.7. The van der Waals surface area contributed by atoms with Crippen LogP contribution in [0, 0.1) is 25.2 Å². The minimum atomic E-state index is -0.460. The van der Waals surface area contributed by atoms with Gasteiger partial charge < -0.3 is 14.8 Å². The van der Waals surface area contributed by atoms with Gasteiger partial charge in [-0.05, 0) is 43.2 Å². The van der Waals surface area contributed by atoms with Crippen LogP contribution in [0.3, 0.4) is 0 Å². The largest absolute Gasteiger partial charge is 0.497 e. The number of methoxy groups -OCH3 is 2. The summed E-state index contributed by atoms with van der Waals surface area (Å²) in [5.74, 6) is 0.692. The van der Waals surface area contributed by atoms with Crippen molar-refractivity contribution in [3.05, 3.63) is 58.7 Å². The maximum Gasteiger partial charge on any atom is 0.266 e. The van der Waals surface area contributed by atoms with E-state index in [1.807, 2.05) is 38.1 Å². The molecule has 0 heterocycles. The second kappa shape index (κ2) is 8.02. The van der Waals surface area contributed by atoms with Crippen molar-refractivity contribution in [2.45, 2.75) is 13.8 Å². The van der Waals surface area contributed by atoms with E-state index in [9.17, 15) is 10.1 Å². The molecule has 0 aliphatic rings. The second-order valence-electron chi connectivity index (χ2n) is 5.50. The van der Waals surface area contributed by atoms with Crippen molar-refractivity contribution < 1.29 is 14.3 Å². The van der Waals surface area contributed by atoms with E-state index >= 15 is 0 Å². The van der Waals surface area contributed by atoms with Crippen molar-refractivity contribution in [1.29, 1.82) is 5.26 Å². The molecule has 2 rings (SSSR count). The monoisotopic (exact) mass is 336 g/mol. The van der Waals surface area contributed by atoms with Gasteiger partial charge in [0.2, 0.25) is 0 Å². The lowest BCUT2D eigenvalue weighted by molar-refractivity contribution is -0.112. The van der Waals surface area contributed by atoms with E-state index in [4.69, 9.17) is 9.47 Å². The van der Waals surface area contributed by atoms with Crippen LogP contribution in [-0.2, 0) is 4.79 Å². The number of carbonyl (C=O) groups is 1. The number of para-hydroxylation sites is 1. The summed E-state index contributed by atoms with van der Waals surface area (Å²) < 4.78 is 10.5. The van der Waals surface area contributed by atoms with E-state index in [-0.39, 0.29) is 5.57 Å². The predicted octanol–water partition coefficient (Wildman–Crippen LogP) is 3.87. The predicted molar refractivity (Wildman–Crippen MR) is 97.7 cm³/mol. The average Bonchev–Trinajstić information content (AvgIpc) is 2.62. The van der Waals surface area contributed by atoms with E-state index in [0.717, 1.165) is 16.8 Å². The third-order valence-corrected chi connectivity index (χ3v) is 3.83. The molecule has 25 heavy (non-hydrogen) atoms. The maximum absolute atomic E-state index is 12.5. The molecule has 5 heteroatoms. The smallest absolute Gasteiger partial charge is 0.266 e. The summed E-state index contributed by atoms with van der Waals surface area (Å²) in [6, 6.07) is 12.9. The second-order valence-corrected chi connectivity index (χ2v) is 5.50. The number of anilines is 1. The van der Waals surface area contributed by atoms with Gasteiger partial charge in [0.05, 0.1) is 14.2 Å². The number of nitrogens with one attached hydrogen (secondary N) is 1. The van der Waals surface area contributed by atoms with E-state index in [1.165, 1.54) is 13.2 Å². The summed E-state index contributed by atoms with van der Waals surface area (Å²) in [7, 11) is 3.08. The summed E-state index contributed by atoms with van der Waals surface area (Å²) in [5, 5.41) is 12.2. The molecule has 0 aliphatic heterocycles. The van der Waals surface area contributed by atoms with Crippen molar-refractivity contribution in [2.75, 3.05) is 19.5 Å². The van der Waals surface area contributed by atoms with Crippen molar-refractivity contribution in [2.24, 2.45) is 0 Å². The first kappa shape index (κ1) is 18.1. The van der Waals surface area contributed by atoms with Gasteiger partial charge in [-0.2, -0.15) is 5.26 Å². The van der Waals surface area contributed by atoms with Crippen LogP contribution in [0.25, 0.3) is 6.08 Å². The van der Waals surface area contributed by atoms with Crippen molar-refractivity contribution in [3.63, 3.8) is 0 Å². The van der Waals surface area contributed by atoms with Gasteiger partial charge in [0.25, 0.3) is 5.91 Å². The number of ether oxygens (including phenoxy) is 2. The fraction of sp³-hybridized carbons (Fsp3) is 0.200. The first-order valence-corrected chi connectivity index (χ1v) is 7.71. The highest BCUT2D eigenvalue weighted by Crippen LogP contribution is 2.27. The Balaban J connectivity index is 2.35. The molecule has 0 aromatic heterocycles. The summed E-state index contributed by atoms with van der Waals surface area (Å²) in [4.78, 5) is 12.5. The van der Waals surface area contributed by atoms with E-state index in [2.05, 4.69) is 5.32 Å². The third-order valence-electron chi connectivity index (χ3n) is 3.83. The third kappa shape index (κ3) is 4.18. The number of amides is 1. The average molecular weight is 336 g/mol. The first-order chi connectivity index (χ1) is 12.0. The lowest BCUT2D eigenvalue weighted by Crippen LogP contribution is -2.15. The van der Waals surface area contributed by atoms with Crippen LogP contribution in [0.5, 0.6) is 11.5 Å². The number of aryl methyl sites for hydroxylation is 2. The summed E-state index contributed by atoms with van der Waals surface area (Å²) in [6.45, 7) is 3.82. The molecule has 0 atom stereocenters. The van der Waals surface area contributed by atoms with Gasteiger partial charge in [-0.1, -0.05) is 18.2 Å². The van der Waals surface area contributed by atoms with Crippen LogP contribution in [-0.4, -0.2) is 20.1 Å². The summed E-state index contributed by atoms with van der Waals surface area (Å²) in [5.41, 5.74) is 3.21. The number of rotatable bonds is 5. The van der Waals surface area contributed by atoms with Gasteiger partial charge in [0.1, 0.15) is 23.1 Å². The Labute approximate surface area is 147 Å². The van der Waals surface area contributed by atoms with Gasteiger partial charge in [-0.15, -0.1) is 0 Å². The maximum atomic E-state index is 12.5.